The maximum absolute atomic E-state index is 5.38. The highest BCUT2D eigenvalue weighted by Gasteiger charge is 2.23. The van der Waals surface area contributed by atoms with Crippen LogP contribution in [0.5, 0.6) is 0 Å². The Morgan fingerprint density at radius 1 is 1.44 bits per heavy atom. The molecule has 1 unspecified atom stereocenters. The molecule has 1 nitrogen and oxygen atoms in total. The summed E-state index contributed by atoms with van der Waals surface area (Å²) in [6, 6.07) is 1.12. The highest BCUT2D eigenvalue weighted by molar-refractivity contribution is 6.78. The van der Waals surface area contributed by atoms with Crippen molar-refractivity contribution < 1.29 is 4.43 Å². The van der Waals surface area contributed by atoms with E-state index in [1.165, 1.54) is 0 Å². The molecule has 1 aliphatic rings. The Labute approximate surface area is 57.2 Å². The zero-order valence-electron chi connectivity index (χ0n) is 5.92. The van der Waals surface area contributed by atoms with Gasteiger partial charge >= 0.3 is 0 Å². The summed E-state index contributed by atoms with van der Waals surface area (Å²) in [7, 11) is 0.423. The van der Waals surface area contributed by atoms with Crippen LogP contribution in [0.1, 0.15) is 0 Å². The molecular weight excluding hydrogens is 128 g/mol. The average molecular weight is 140 g/mol. The summed E-state index contributed by atoms with van der Waals surface area (Å²) >= 11 is 0. The Bertz CT molecular complexity index is 151. The average Bonchev–Trinajstić information content (AvgIpc) is 1.90. The van der Waals surface area contributed by atoms with E-state index in [2.05, 4.69) is 30.5 Å². The summed E-state index contributed by atoms with van der Waals surface area (Å²) in [4.78, 5) is 0. The van der Waals surface area contributed by atoms with E-state index in [0.717, 1.165) is 6.04 Å². The Kier molecular flexibility index (Phi) is 1.88. The summed E-state index contributed by atoms with van der Waals surface area (Å²) in [5.74, 6) is 0. The summed E-state index contributed by atoms with van der Waals surface area (Å²) in [6.07, 6.45) is 6.34. The first-order valence-electron chi connectivity index (χ1n) is 3.16. The van der Waals surface area contributed by atoms with E-state index in [0.29, 0.717) is 0 Å². The maximum Gasteiger partial charge on any atom is 0.217 e. The fraction of sp³-hybridized carbons (Fsp3) is 0.429. The lowest BCUT2D eigenvalue weighted by atomic mass is 10.5. The Hall–Kier alpha value is -0.343. The molecule has 0 bridgehead atoms. The molecular formula is C7H12OSi. The van der Waals surface area contributed by atoms with Crippen molar-refractivity contribution in [2.45, 2.75) is 12.6 Å². The van der Waals surface area contributed by atoms with Gasteiger partial charge < -0.3 is 4.43 Å². The monoisotopic (exact) mass is 140 g/mol. The quantitative estimate of drug-likeness (QED) is 0.505. The third kappa shape index (κ3) is 1.53. The van der Waals surface area contributed by atoms with E-state index in [9.17, 15) is 0 Å². The van der Waals surface area contributed by atoms with Crippen LogP contribution in [-0.2, 0) is 4.43 Å². The smallest absolute Gasteiger partial charge is 0.217 e. The van der Waals surface area contributed by atoms with Crippen molar-refractivity contribution in [2.24, 2.45) is 0 Å². The van der Waals surface area contributed by atoms with E-state index in [1.807, 2.05) is 0 Å². The minimum Gasteiger partial charge on any atom is -0.416 e. The molecule has 0 saturated carbocycles. The van der Waals surface area contributed by atoms with E-state index >= 15 is 0 Å². The van der Waals surface area contributed by atoms with Gasteiger partial charge in [-0.05, 0) is 12.6 Å². The number of rotatable bonds is 1. The summed E-state index contributed by atoms with van der Waals surface area (Å²) in [5.41, 5.74) is 2.22. The van der Waals surface area contributed by atoms with Crippen LogP contribution in [0.3, 0.4) is 0 Å². The lowest BCUT2D eigenvalue weighted by Gasteiger charge is -2.20. The fourth-order valence-corrected chi connectivity index (χ4v) is 2.42. The molecule has 1 heterocycles. The second kappa shape index (κ2) is 2.50. The zero-order chi connectivity index (χ0) is 6.74. The molecule has 0 spiro atoms. The van der Waals surface area contributed by atoms with Gasteiger partial charge in [0.1, 0.15) is 0 Å². The Morgan fingerprint density at radius 3 is 2.56 bits per heavy atom. The van der Waals surface area contributed by atoms with Gasteiger partial charge in [0.15, 0.2) is 0 Å². The van der Waals surface area contributed by atoms with Crippen LogP contribution < -0.4 is 0 Å². The maximum atomic E-state index is 5.38. The molecule has 0 N–H and O–H groups in total. The zero-order valence-corrected chi connectivity index (χ0v) is 6.92. The minimum atomic E-state index is -1.38. The highest BCUT2D eigenvalue weighted by atomic mass is 28.4. The highest BCUT2D eigenvalue weighted by Crippen LogP contribution is 2.16. The summed E-state index contributed by atoms with van der Waals surface area (Å²) < 4.78 is 5.38. The van der Waals surface area contributed by atoms with Crippen molar-refractivity contribution in [1.29, 1.82) is 0 Å². The van der Waals surface area contributed by atoms with Gasteiger partial charge in [0.05, 0.1) is 0 Å². The minimum absolute atomic E-state index is 1.12. The molecule has 0 aromatic heterocycles. The molecule has 0 aromatic carbocycles. The molecule has 0 aliphatic carbocycles. The SMILES string of the molecule is CO[Si]1(C)C=CC=CC1. The number of hydrogen-bond acceptors (Lipinski definition) is 1. The first kappa shape index (κ1) is 6.77. The lowest BCUT2D eigenvalue weighted by Crippen LogP contribution is -2.30. The third-order valence-electron chi connectivity index (χ3n) is 1.69. The molecule has 0 radical (unpaired) electrons. The van der Waals surface area contributed by atoms with Gasteiger partial charge in [-0.1, -0.05) is 23.9 Å². The lowest BCUT2D eigenvalue weighted by molar-refractivity contribution is 0.411. The molecule has 0 saturated heterocycles. The largest absolute Gasteiger partial charge is 0.416 e. The molecule has 1 rings (SSSR count). The van der Waals surface area contributed by atoms with Crippen LogP contribution in [0.4, 0.5) is 0 Å². The third-order valence-corrected chi connectivity index (χ3v) is 4.56. The standard InChI is InChI=1S/C7H12OSi/c1-8-9(2)6-4-3-5-7-9/h3-6H,7H2,1-2H3. The fourth-order valence-electron chi connectivity index (χ4n) is 0.859. The molecule has 0 aromatic rings. The molecule has 1 atom stereocenters. The molecule has 50 valence electrons. The van der Waals surface area contributed by atoms with E-state index in [4.69, 9.17) is 4.43 Å². The van der Waals surface area contributed by atoms with Gasteiger partial charge in [0.2, 0.25) is 8.32 Å². The van der Waals surface area contributed by atoms with Crippen LogP contribution in [-0.4, -0.2) is 15.4 Å². The van der Waals surface area contributed by atoms with Crippen molar-refractivity contribution >= 4 is 8.32 Å². The van der Waals surface area contributed by atoms with Crippen molar-refractivity contribution in [2.75, 3.05) is 7.11 Å². The molecule has 2 heteroatoms. The van der Waals surface area contributed by atoms with Gasteiger partial charge in [0.25, 0.3) is 0 Å². The first-order chi connectivity index (χ1) is 4.27. The first-order valence-corrected chi connectivity index (χ1v) is 5.86. The van der Waals surface area contributed by atoms with Crippen molar-refractivity contribution in [3.8, 4) is 0 Å². The van der Waals surface area contributed by atoms with E-state index in [-0.39, 0.29) is 0 Å². The number of allylic oxidation sites excluding steroid dienone is 3. The topological polar surface area (TPSA) is 9.23 Å². The second-order valence-corrected chi connectivity index (χ2v) is 6.28. The van der Waals surface area contributed by atoms with E-state index < -0.39 is 8.32 Å². The van der Waals surface area contributed by atoms with Crippen LogP contribution >= 0.6 is 0 Å². The normalized spacial score (nSPS) is 33.1. The second-order valence-electron chi connectivity index (χ2n) is 2.51. The van der Waals surface area contributed by atoms with Gasteiger partial charge in [-0.15, -0.1) is 0 Å². The van der Waals surface area contributed by atoms with Gasteiger partial charge in [0, 0.05) is 7.11 Å². The Morgan fingerprint density at radius 2 is 2.22 bits per heavy atom. The van der Waals surface area contributed by atoms with Crippen LogP contribution in [0, 0.1) is 0 Å². The molecule has 1 aliphatic heterocycles. The number of hydrogen-bond donors (Lipinski definition) is 0. The molecule has 0 fully saturated rings. The Balaban J connectivity index is 2.63. The predicted octanol–water partition coefficient (Wildman–Crippen LogP) is 1.87. The summed E-state index contributed by atoms with van der Waals surface area (Å²) in [6.45, 7) is 2.22. The van der Waals surface area contributed by atoms with Crippen molar-refractivity contribution in [3.05, 3.63) is 23.9 Å². The van der Waals surface area contributed by atoms with E-state index in [1.54, 1.807) is 7.11 Å². The van der Waals surface area contributed by atoms with Crippen molar-refractivity contribution in [3.63, 3.8) is 0 Å². The van der Waals surface area contributed by atoms with Crippen molar-refractivity contribution in [1.82, 2.24) is 0 Å². The van der Waals surface area contributed by atoms with Gasteiger partial charge in [-0.2, -0.15) is 0 Å². The van der Waals surface area contributed by atoms with Gasteiger partial charge in [-0.25, -0.2) is 0 Å². The van der Waals surface area contributed by atoms with Gasteiger partial charge in [-0.3, -0.25) is 0 Å². The predicted molar refractivity (Wildman–Crippen MR) is 41.7 cm³/mol. The molecule has 9 heavy (non-hydrogen) atoms. The molecule has 0 amide bonds. The van der Waals surface area contributed by atoms with Crippen LogP contribution in [0.25, 0.3) is 0 Å². The summed E-state index contributed by atoms with van der Waals surface area (Å²) in [5, 5.41) is 0. The van der Waals surface area contributed by atoms with Crippen LogP contribution in [0.2, 0.25) is 12.6 Å². The van der Waals surface area contributed by atoms with Crippen LogP contribution in [0.15, 0.2) is 23.9 Å².